The smallest absolute Gasteiger partial charge is 0.224 e. The fourth-order valence-electron chi connectivity index (χ4n) is 5.77. The number of nitrogens with two attached hydrogens (primary N) is 2. The molecule has 10 heteroatoms. The van der Waals surface area contributed by atoms with Crippen molar-refractivity contribution in [1.29, 1.82) is 0 Å². The topological polar surface area (TPSA) is 122 Å². The Morgan fingerprint density at radius 2 is 1.97 bits per heavy atom. The minimum absolute atomic E-state index is 0.171. The van der Waals surface area contributed by atoms with Crippen molar-refractivity contribution in [2.24, 2.45) is 11.7 Å². The van der Waals surface area contributed by atoms with Gasteiger partial charge in [0.1, 0.15) is 11.3 Å². The highest BCUT2D eigenvalue weighted by Gasteiger charge is 2.27. The second-order valence-electron chi connectivity index (χ2n) is 10.7. The summed E-state index contributed by atoms with van der Waals surface area (Å²) in [5, 5.41) is 0. The number of likely N-dealkylation sites (tertiary alicyclic amines) is 1. The second kappa shape index (κ2) is 12.7. The number of hydrogen-bond donors (Lipinski definition) is 2. The van der Waals surface area contributed by atoms with E-state index in [1.807, 2.05) is 16.2 Å². The van der Waals surface area contributed by atoms with Crippen LogP contribution in [-0.2, 0) is 27.2 Å². The summed E-state index contributed by atoms with van der Waals surface area (Å²) in [7, 11) is 0. The number of pyridine rings is 1. The Labute approximate surface area is 228 Å². The van der Waals surface area contributed by atoms with Crippen molar-refractivity contribution in [3.63, 3.8) is 0 Å². The summed E-state index contributed by atoms with van der Waals surface area (Å²) in [4.78, 5) is 25.7. The van der Waals surface area contributed by atoms with Crippen LogP contribution >= 0.6 is 11.3 Å². The van der Waals surface area contributed by atoms with Crippen LogP contribution in [0.25, 0.3) is 21.3 Å². The Bertz CT molecular complexity index is 1230. The highest BCUT2D eigenvalue weighted by molar-refractivity contribution is 7.20. The van der Waals surface area contributed by atoms with E-state index in [9.17, 15) is 4.79 Å². The lowest BCUT2D eigenvalue weighted by Crippen LogP contribution is -2.38. The summed E-state index contributed by atoms with van der Waals surface area (Å²) < 4.78 is 14.7. The lowest BCUT2D eigenvalue weighted by Gasteiger charge is -2.31. The lowest BCUT2D eigenvalue weighted by atomic mass is 9.95. The molecule has 9 nitrogen and oxygen atoms in total. The van der Waals surface area contributed by atoms with Crippen LogP contribution in [-0.4, -0.2) is 71.4 Å². The van der Waals surface area contributed by atoms with Crippen molar-refractivity contribution in [3.8, 4) is 0 Å². The number of amides is 1. The number of fused-ring (bicyclic) bond motifs is 3. The van der Waals surface area contributed by atoms with E-state index in [0.29, 0.717) is 43.8 Å². The van der Waals surface area contributed by atoms with Crippen molar-refractivity contribution in [3.05, 3.63) is 16.8 Å². The van der Waals surface area contributed by atoms with Gasteiger partial charge in [0, 0.05) is 50.7 Å². The third kappa shape index (κ3) is 5.98. The Kier molecular flexibility index (Phi) is 9.14. The number of anilines is 1. The number of aryl methyl sites for hydroxylation is 1. The standard InChI is InChI=1S/C28H42N6O3S/c1-2-3-4-23-32-25-26(34(23)18-19-7-13-36-14-8-19)27-21(31-28(25)30)17-22(38-27)20-5-11-33(12-6-20)24(35)9-15-37-16-10-29/h17,19-20H,2-16,18,29H2,1H3,(H2,30,31). The zero-order valence-corrected chi connectivity index (χ0v) is 23.4. The van der Waals surface area contributed by atoms with E-state index in [4.69, 9.17) is 30.9 Å². The molecule has 2 fully saturated rings. The van der Waals surface area contributed by atoms with Crippen molar-refractivity contribution < 1.29 is 14.3 Å². The van der Waals surface area contributed by atoms with Gasteiger partial charge in [-0.1, -0.05) is 13.3 Å². The zero-order valence-electron chi connectivity index (χ0n) is 22.6. The van der Waals surface area contributed by atoms with Crippen LogP contribution < -0.4 is 11.5 Å². The van der Waals surface area contributed by atoms with Crippen LogP contribution in [0, 0.1) is 5.92 Å². The molecule has 2 aliphatic heterocycles. The van der Waals surface area contributed by atoms with Crippen LogP contribution in [0.1, 0.15) is 68.5 Å². The van der Waals surface area contributed by atoms with Gasteiger partial charge in [0.25, 0.3) is 0 Å². The van der Waals surface area contributed by atoms with Gasteiger partial charge in [0.15, 0.2) is 5.82 Å². The molecule has 2 saturated heterocycles. The lowest BCUT2D eigenvalue weighted by molar-refractivity contribution is -0.133. The summed E-state index contributed by atoms with van der Waals surface area (Å²) in [6.45, 7) is 7.85. The van der Waals surface area contributed by atoms with Crippen LogP contribution in [0.4, 0.5) is 5.82 Å². The Morgan fingerprint density at radius 1 is 1.18 bits per heavy atom. The average molecular weight is 543 g/mol. The maximum atomic E-state index is 12.6. The van der Waals surface area contributed by atoms with E-state index >= 15 is 0 Å². The first kappa shape index (κ1) is 27.3. The van der Waals surface area contributed by atoms with E-state index in [1.165, 1.54) is 9.58 Å². The van der Waals surface area contributed by atoms with E-state index in [-0.39, 0.29) is 5.91 Å². The van der Waals surface area contributed by atoms with E-state index in [1.54, 1.807) is 0 Å². The molecule has 5 heterocycles. The third-order valence-electron chi connectivity index (χ3n) is 7.98. The Morgan fingerprint density at radius 3 is 2.71 bits per heavy atom. The predicted molar refractivity (Wildman–Crippen MR) is 153 cm³/mol. The first-order valence-corrected chi connectivity index (χ1v) is 15.1. The highest BCUT2D eigenvalue weighted by Crippen LogP contribution is 2.40. The van der Waals surface area contributed by atoms with Gasteiger partial charge in [0.2, 0.25) is 5.91 Å². The number of nitrogen functional groups attached to an aromatic ring is 1. The molecule has 0 unspecified atom stereocenters. The van der Waals surface area contributed by atoms with Crippen LogP contribution in [0.2, 0.25) is 0 Å². The molecule has 38 heavy (non-hydrogen) atoms. The van der Waals surface area contributed by atoms with Gasteiger partial charge in [-0.3, -0.25) is 4.79 Å². The summed E-state index contributed by atoms with van der Waals surface area (Å²) >= 11 is 1.85. The van der Waals surface area contributed by atoms with Gasteiger partial charge in [-0.05, 0) is 50.0 Å². The SMILES string of the molecule is CCCCc1nc2c(N)nc3cc(C4CCN(C(=O)CCOCCN)CC4)sc3c2n1CC1CCOCC1. The van der Waals surface area contributed by atoms with Crippen LogP contribution in [0.15, 0.2) is 6.07 Å². The summed E-state index contributed by atoms with van der Waals surface area (Å²) in [6, 6.07) is 2.23. The number of nitrogens with zero attached hydrogens (tertiary/aromatic N) is 4. The molecular formula is C28H42N6O3S. The molecule has 0 bridgehead atoms. The number of carbonyl (C=O) groups excluding carboxylic acids is 1. The molecule has 0 aliphatic carbocycles. The monoisotopic (exact) mass is 542 g/mol. The predicted octanol–water partition coefficient (Wildman–Crippen LogP) is 4.07. The third-order valence-corrected chi connectivity index (χ3v) is 9.28. The first-order valence-electron chi connectivity index (χ1n) is 14.3. The van der Waals surface area contributed by atoms with Crippen molar-refractivity contribution in [1.82, 2.24) is 19.4 Å². The van der Waals surface area contributed by atoms with Gasteiger partial charge < -0.3 is 30.4 Å². The molecule has 0 saturated carbocycles. The molecule has 208 valence electrons. The second-order valence-corrected chi connectivity index (χ2v) is 11.7. The normalized spacial score (nSPS) is 17.7. The number of hydrogen-bond acceptors (Lipinski definition) is 8. The maximum absolute atomic E-state index is 12.6. The summed E-state index contributed by atoms with van der Waals surface area (Å²) in [6.07, 6.45) is 7.72. The van der Waals surface area contributed by atoms with Crippen LogP contribution in [0.3, 0.4) is 0 Å². The Hall–Kier alpha value is -2.27. The highest BCUT2D eigenvalue weighted by atomic mass is 32.1. The quantitative estimate of drug-likeness (QED) is 0.350. The summed E-state index contributed by atoms with van der Waals surface area (Å²) in [5.74, 6) is 2.84. The zero-order chi connectivity index (χ0) is 26.5. The molecule has 1 amide bonds. The van der Waals surface area contributed by atoms with E-state index in [0.717, 1.165) is 100 Å². The molecule has 0 radical (unpaired) electrons. The molecule has 4 N–H and O–H groups in total. The number of rotatable bonds is 11. The van der Waals surface area contributed by atoms with Crippen molar-refractivity contribution >= 4 is 44.3 Å². The molecule has 0 spiro atoms. The minimum Gasteiger partial charge on any atom is -0.382 e. The number of aromatic nitrogens is 3. The number of carbonyl (C=O) groups is 1. The van der Waals surface area contributed by atoms with Crippen molar-refractivity contribution in [2.45, 2.75) is 70.8 Å². The number of ether oxygens (including phenoxy) is 2. The molecule has 5 rings (SSSR count). The molecule has 3 aromatic rings. The van der Waals surface area contributed by atoms with Crippen molar-refractivity contribution in [2.75, 3.05) is 51.8 Å². The number of piperidine rings is 1. The fourth-order valence-corrected chi connectivity index (χ4v) is 7.09. The van der Waals surface area contributed by atoms with Gasteiger partial charge in [-0.15, -0.1) is 11.3 Å². The largest absolute Gasteiger partial charge is 0.382 e. The summed E-state index contributed by atoms with van der Waals surface area (Å²) in [5.41, 5.74) is 14.9. The molecular weight excluding hydrogens is 500 g/mol. The molecule has 0 atom stereocenters. The van der Waals surface area contributed by atoms with E-state index < -0.39 is 0 Å². The number of unbranched alkanes of at least 4 members (excludes halogenated alkanes) is 1. The van der Waals surface area contributed by atoms with Gasteiger partial charge in [-0.2, -0.15) is 0 Å². The maximum Gasteiger partial charge on any atom is 0.224 e. The minimum atomic E-state index is 0.171. The molecule has 2 aliphatic rings. The molecule has 3 aromatic heterocycles. The van der Waals surface area contributed by atoms with Gasteiger partial charge in [-0.25, -0.2) is 9.97 Å². The van der Waals surface area contributed by atoms with E-state index in [2.05, 4.69) is 17.6 Å². The number of thiophene rings is 1. The Balaban J connectivity index is 1.38. The number of imidazole rings is 1. The first-order chi connectivity index (χ1) is 18.6. The average Bonchev–Trinajstić information content (AvgIpc) is 3.52. The van der Waals surface area contributed by atoms with Crippen LogP contribution in [0.5, 0.6) is 0 Å². The van der Waals surface area contributed by atoms with Gasteiger partial charge in [0.05, 0.1) is 35.4 Å². The fraction of sp³-hybridized carbons (Fsp3) is 0.679. The van der Waals surface area contributed by atoms with Gasteiger partial charge >= 0.3 is 0 Å². The molecule has 0 aromatic carbocycles.